The average molecular weight is 474 g/mol. The van der Waals surface area contributed by atoms with Gasteiger partial charge in [0.25, 0.3) is 0 Å². The Balaban J connectivity index is 1.30. The van der Waals surface area contributed by atoms with Crippen LogP contribution in [0.1, 0.15) is 50.3 Å². The summed E-state index contributed by atoms with van der Waals surface area (Å²) in [6.45, 7) is 4.45. The van der Waals surface area contributed by atoms with E-state index in [1.807, 2.05) is 25.9 Å². The van der Waals surface area contributed by atoms with Crippen molar-refractivity contribution in [2.45, 2.75) is 75.4 Å². The number of nitrogens with one attached hydrogen (secondary N) is 1. The summed E-state index contributed by atoms with van der Waals surface area (Å²) in [5.41, 5.74) is 6.06. The first-order valence-electron chi connectivity index (χ1n) is 13.0. The van der Waals surface area contributed by atoms with Crippen molar-refractivity contribution in [3.63, 3.8) is 0 Å². The number of ether oxygens (including phenoxy) is 1. The highest BCUT2D eigenvalue weighted by Crippen LogP contribution is 2.67. The van der Waals surface area contributed by atoms with Crippen LogP contribution in [-0.2, 0) is 4.74 Å². The summed E-state index contributed by atoms with van der Waals surface area (Å²) in [4.78, 5) is 2.03. The van der Waals surface area contributed by atoms with E-state index in [1.54, 1.807) is 0 Å². The van der Waals surface area contributed by atoms with Crippen LogP contribution in [0.25, 0.3) is 16.5 Å². The third-order valence-electron chi connectivity index (χ3n) is 10.2. The van der Waals surface area contributed by atoms with Gasteiger partial charge in [-0.2, -0.15) is 5.10 Å². The molecule has 1 aromatic heterocycles. The van der Waals surface area contributed by atoms with Gasteiger partial charge in [0.2, 0.25) is 0 Å². The fourth-order valence-corrected chi connectivity index (χ4v) is 8.27. The third-order valence-corrected chi connectivity index (χ3v) is 10.2. The third kappa shape index (κ3) is 2.66. The molecule has 35 heavy (non-hydrogen) atoms. The fraction of sp³-hybridized carbons (Fsp3) is 0.552. The molecular weight excluding hydrogens is 438 g/mol. The topological polar surface area (TPSA) is 81.6 Å². The molecule has 6 nitrogen and oxygen atoms in total. The predicted molar refractivity (Wildman–Crippen MR) is 136 cm³/mol. The molecule has 1 unspecified atom stereocenters. The first kappa shape index (κ1) is 22.0. The lowest BCUT2D eigenvalue weighted by atomic mass is 9.58. The van der Waals surface area contributed by atoms with Crippen molar-refractivity contribution in [1.82, 2.24) is 15.1 Å². The highest BCUT2D eigenvalue weighted by molar-refractivity contribution is 5.86. The van der Waals surface area contributed by atoms with E-state index in [-0.39, 0.29) is 17.1 Å². The maximum atomic E-state index is 11.1. The Bertz CT molecular complexity index is 1340. The summed E-state index contributed by atoms with van der Waals surface area (Å²) < 4.78 is 7.23. The minimum absolute atomic E-state index is 0.0170. The largest absolute Gasteiger partial charge is 0.388 e. The molecule has 6 heteroatoms. The number of aliphatic hydroxyl groups excluding tert-OH is 2. The minimum atomic E-state index is -0.886. The number of likely N-dealkylation sites (N-methyl/N-ethyl adjacent to an activating group) is 1. The van der Waals surface area contributed by atoms with Crippen molar-refractivity contribution in [2.24, 2.45) is 11.3 Å². The van der Waals surface area contributed by atoms with Gasteiger partial charge >= 0.3 is 0 Å². The number of aromatic nitrogens is 2. The van der Waals surface area contributed by atoms with E-state index < -0.39 is 17.8 Å². The first-order chi connectivity index (χ1) is 16.7. The lowest BCUT2D eigenvalue weighted by Crippen LogP contribution is -2.61. The zero-order valence-electron chi connectivity index (χ0n) is 21.0. The summed E-state index contributed by atoms with van der Waals surface area (Å²) in [5.74, 6) is 0.350. The van der Waals surface area contributed by atoms with Gasteiger partial charge in [-0.05, 0) is 81.5 Å². The molecule has 1 saturated heterocycles. The highest BCUT2D eigenvalue weighted by atomic mass is 16.5. The Kier molecular flexibility index (Phi) is 4.36. The molecule has 1 saturated carbocycles. The van der Waals surface area contributed by atoms with Crippen molar-refractivity contribution in [3.8, 4) is 0 Å². The Morgan fingerprint density at radius 2 is 2.00 bits per heavy atom. The number of H-pyrrole nitrogens is 1. The van der Waals surface area contributed by atoms with Crippen molar-refractivity contribution in [1.29, 1.82) is 0 Å². The molecule has 3 heterocycles. The van der Waals surface area contributed by atoms with Gasteiger partial charge in [0, 0.05) is 22.8 Å². The standard InChI is InChI=1S/C29H35N3O3/c1-16-19-6-5-17(13-22(19)31-30-16)20-7-8-24-27(20,2)10-9-18-14-21-25(33)26(34)23(32(3)4)15-28(21)11-12-29(18,24)35-28/h5-7,9,13-14,23-26,33-34H,8,10-12,15H2,1-4H3,(H,30,31)/t23-,24?,25+,26+,27+,28+,29+/m0/s1. The normalized spacial score (nSPS) is 41.9. The molecule has 0 radical (unpaired) electrons. The van der Waals surface area contributed by atoms with Gasteiger partial charge in [-0.15, -0.1) is 0 Å². The van der Waals surface area contributed by atoms with Gasteiger partial charge in [0.1, 0.15) is 6.10 Å². The molecule has 2 fully saturated rings. The molecule has 184 valence electrons. The van der Waals surface area contributed by atoms with E-state index in [0.29, 0.717) is 5.92 Å². The Hall–Kier alpha value is -2.25. The van der Waals surface area contributed by atoms with Crippen LogP contribution in [0.5, 0.6) is 0 Å². The van der Waals surface area contributed by atoms with Gasteiger partial charge in [0.05, 0.1) is 28.5 Å². The van der Waals surface area contributed by atoms with E-state index in [1.165, 1.54) is 22.1 Å². The van der Waals surface area contributed by atoms with Gasteiger partial charge in [-0.25, -0.2) is 0 Å². The maximum absolute atomic E-state index is 11.1. The zero-order chi connectivity index (χ0) is 24.3. The van der Waals surface area contributed by atoms with E-state index in [9.17, 15) is 10.2 Å². The number of aromatic amines is 1. The van der Waals surface area contributed by atoms with Crippen molar-refractivity contribution in [2.75, 3.05) is 14.1 Å². The minimum Gasteiger partial charge on any atom is -0.388 e. The van der Waals surface area contributed by atoms with Crippen LogP contribution in [0.2, 0.25) is 0 Å². The lowest BCUT2D eigenvalue weighted by molar-refractivity contribution is -0.161. The van der Waals surface area contributed by atoms with Crippen LogP contribution in [0.3, 0.4) is 0 Å². The Labute approximate surface area is 206 Å². The lowest BCUT2D eigenvalue weighted by Gasteiger charge is -2.55. The predicted octanol–water partition coefficient (Wildman–Crippen LogP) is 3.89. The summed E-state index contributed by atoms with van der Waals surface area (Å²) >= 11 is 0. The summed E-state index contributed by atoms with van der Waals surface area (Å²) in [5, 5.41) is 30.8. The molecule has 2 aromatic rings. The number of fused-ring (bicyclic) bond motifs is 2. The maximum Gasteiger partial charge on any atom is 0.105 e. The van der Waals surface area contributed by atoms with Crippen LogP contribution in [-0.4, -0.2) is 68.9 Å². The van der Waals surface area contributed by atoms with Gasteiger partial charge in [-0.3, -0.25) is 5.10 Å². The number of aryl methyl sites for hydroxylation is 1. The molecule has 7 rings (SSSR count). The number of aliphatic hydroxyl groups is 2. The molecular formula is C29H35N3O3. The zero-order valence-corrected chi connectivity index (χ0v) is 21.0. The monoisotopic (exact) mass is 473 g/mol. The molecule has 2 spiro atoms. The number of nitrogens with zero attached hydrogens (tertiary/aromatic N) is 2. The molecule has 7 atom stereocenters. The quantitative estimate of drug-likeness (QED) is 0.617. The highest BCUT2D eigenvalue weighted by Gasteiger charge is 2.67. The fourth-order valence-electron chi connectivity index (χ4n) is 8.27. The van der Waals surface area contributed by atoms with Crippen LogP contribution >= 0.6 is 0 Å². The van der Waals surface area contributed by atoms with Crippen LogP contribution in [0.15, 0.2) is 47.6 Å². The summed E-state index contributed by atoms with van der Waals surface area (Å²) in [6, 6.07) is 6.57. The number of benzene rings is 1. The molecule has 1 aromatic carbocycles. The van der Waals surface area contributed by atoms with E-state index in [2.05, 4.69) is 53.5 Å². The SMILES string of the molecule is Cc1n[nH]c2cc(C3=CCC4[C@]3(C)CC=C3C=C5[C@@H](O)[C@H](O)[C@@H](N(C)C)C[C@]56CC[C@@]34O6)ccc12. The van der Waals surface area contributed by atoms with E-state index in [0.717, 1.165) is 48.9 Å². The number of rotatable bonds is 2. The number of hydrogen-bond acceptors (Lipinski definition) is 5. The smallest absolute Gasteiger partial charge is 0.105 e. The average Bonchev–Trinajstić information content (AvgIpc) is 3.48. The molecule has 3 aliphatic carbocycles. The molecule has 2 bridgehead atoms. The second kappa shape index (κ2) is 6.94. The van der Waals surface area contributed by atoms with E-state index in [4.69, 9.17) is 4.74 Å². The van der Waals surface area contributed by atoms with Crippen molar-refractivity contribution >= 4 is 16.5 Å². The van der Waals surface area contributed by atoms with Gasteiger partial charge in [-0.1, -0.05) is 37.3 Å². The second-order valence-corrected chi connectivity index (χ2v) is 12.0. The van der Waals surface area contributed by atoms with Gasteiger partial charge < -0.3 is 19.8 Å². The van der Waals surface area contributed by atoms with Crippen LogP contribution in [0, 0.1) is 18.3 Å². The molecule has 2 aliphatic heterocycles. The van der Waals surface area contributed by atoms with Crippen LogP contribution < -0.4 is 0 Å². The van der Waals surface area contributed by atoms with Gasteiger partial charge in [0.15, 0.2) is 0 Å². The van der Waals surface area contributed by atoms with Crippen molar-refractivity contribution < 1.29 is 14.9 Å². The number of allylic oxidation sites excluding steroid dienone is 3. The summed E-state index contributed by atoms with van der Waals surface area (Å²) in [6.07, 6.45) is 9.82. The van der Waals surface area contributed by atoms with Crippen LogP contribution in [0.4, 0.5) is 0 Å². The Morgan fingerprint density at radius 3 is 2.80 bits per heavy atom. The summed E-state index contributed by atoms with van der Waals surface area (Å²) in [7, 11) is 3.96. The number of hydrogen-bond donors (Lipinski definition) is 3. The van der Waals surface area contributed by atoms with E-state index >= 15 is 0 Å². The molecule has 0 amide bonds. The molecule has 5 aliphatic rings. The first-order valence-corrected chi connectivity index (χ1v) is 13.0. The molecule has 3 N–H and O–H groups in total. The second-order valence-electron chi connectivity index (χ2n) is 12.0. The Morgan fingerprint density at radius 1 is 1.17 bits per heavy atom. The van der Waals surface area contributed by atoms with Crippen molar-refractivity contribution in [3.05, 3.63) is 58.8 Å².